The van der Waals surface area contributed by atoms with E-state index in [2.05, 4.69) is 44.6 Å². The number of halogens is 1. The molecule has 0 spiro atoms. The predicted octanol–water partition coefficient (Wildman–Crippen LogP) is 2.69. The maximum atomic E-state index is 11.5. The number of unbranched alkanes of at least 4 members (excludes halogenated alkanes) is 1. The average Bonchev–Trinajstić information content (AvgIpc) is 2.78. The van der Waals surface area contributed by atoms with Gasteiger partial charge in [0, 0.05) is 43.2 Å². The van der Waals surface area contributed by atoms with Crippen molar-refractivity contribution in [3.8, 4) is 0 Å². The van der Waals surface area contributed by atoms with Crippen LogP contribution in [0.1, 0.15) is 44.9 Å². The van der Waals surface area contributed by atoms with Crippen LogP contribution in [0.25, 0.3) is 0 Å². The number of nitrogens with one attached hydrogen (secondary N) is 1. The molecule has 18 heavy (non-hydrogen) atoms. The number of rotatable bonds is 8. The standard InChI is InChI=1S/C13H22BrN3O/c1-11(2)13-16-8-10-17(13)9-7-15-12(18)5-3-4-6-14/h8,10-11H,3-7,9H2,1-2H3,(H,15,18). The fourth-order valence-electron chi connectivity index (χ4n) is 1.79. The third kappa shape index (κ3) is 5.21. The van der Waals surface area contributed by atoms with E-state index in [9.17, 15) is 4.79 Å². The van der Waals surface area contributed by atoms with Gasteiger partial charge in [-0.1, -0.05) is 29.8 Å². The van der Waals surface area contributed by atoms with Crippen LogP contribution >= 0.6 is 15.9 Å². The second-order valence-electron chi connectivity index (χ2n) is 4.63. The lowest BCUT2D eigenvalue weighted by Gasteiger charge is -2.11. The van der Waals surface area contributed by atoms with Crippen LogP contribution in [0.5, 0.6) is 0 Å². The summed E-state index contributed by atoms with van der Waals surface area (Å²) in [5.41, 5.74) is 0. The van der Waals surface area contributed by atoms with Crippen LogP contribution in [0.4, 0.5) is 0 Å². The molecule has 1 rings (SSSR count). The van der Waals surface area contributed by atoms with Gasteiger partial charge in [0.25, 0.3) is 0 Å². The van der Waals surface area contributed by atoms with Gasteiger partial charge in [0.05, 0.1) is 0 Å². The third-order valence-corrected chi connectivity index (χ3v) is 3.29. The van der Waals surface area contributed by atoms with Crippen LogP contribution in [0.3, 0.4) is 0 Å². The Kier molecular flexibility index (Phi) is 7.01. The lowest BCUT2D eigenvalue weighted by molar-refractivity contribution is -0.121. The number of amides is 1. The van der Waals surface area contributed by atoms with Crippen molar-refractivity contribution in [3.05, 3.63) is 18.2 Å². The summed E-state index contributed by atoms with van der Waals surface area (Å²) in [6.07, 6.45) is 6.39. The normalized spacial score (nSPS) is 10.9. The minimum absolute atomic E-state index is 0.141. The summed E-state index contributed by atoms with van der Waals surface area (Å²) in [6.45, 7) is 5.70. The molecule has 0 aliphatic heterocycles. The predicted molar refractivity (Wildman–Crippen MR) is 77.0 cm³/mol. The summed E-state index contributed by atoms with van der Waals surface area (Å²) in [5, 5.41) is 3.91. The van der Waals surface area contributed by atoms with Gasteiger partial charge >= 0.3 is 0 Å². The SMILES string of the molecule is CC(C)c1nccn1CCNC(=O)CCCCBr. The molecule has 102 valence electrons. The van der Waals surface area contributed by atoms with Gasteiger partial charge in [-0.15, -0.1) is 0 Å². The van der Waals surface area contributed by atoms with Gasteiger partial charge in [0.1, 0.15) is 5.82 Å². The number of carbonyl (C=O) groups excluding carboxylic acids is 1. The van der Waals surface area contributed by atoms with Crippen molar-refractivity contribution in [1.82, 2.24) is 14.9 Å². The lowest BCUT2D eigenvalue weighted by Crippen LogP contribution is -2.27. The highest BCUT2D eigenvalue weighted by Gasteiger charge is 2.07. The molecule has 5 heteroatoms. The van der Waals surface area contributed by atoms with Crippen LogP contribution in [0.2, 0.25) is 0 Å². The topological polar surface area (TPSA) is 46.9 Å². The molecular formula is C13H22BrN3O. The molecule has 0 saturated carbocycles. The van der Waals surface area contributed by atoms with E-state index in [1.54, 1.807) is 0 Å². The Morgan fingerprint density at radius 2 is 2.28 bits per heavy atom. The molecule has 0 atom stereocenters. The Morgan fingerprint density at radius 1 is 1.50 bits per heavy atom. The van der Waals surface area contributed by atoms with E-state index in [0.29, 0.717) is 18.9 Å². The molecular weight excluding hydrogens is 294 g/mol. The van der Waals surface area contributed by atoms with E-state index >= 15 is 0 Å². The number of carbonyl (C=O) groups is 1. The summed E-state index contributed by atoms with van der Waals surface area (Å²) in [5.74, 6) is 1.63. The Bertz CT molecular complexity index is 363. The van der Waals surface area contributed by atoms with Crippen LogP contribution in [-0.2, 0) is 11.3 Å². The zero-order valence-corrected chi connectivity index (χ0v) is 12.7. The number of nitrogens with zero attached hydrogens (tertiary/aromatic N) is 2. The highest BCUT2D eigenvalue weighted by Crippen LogP contribution is 2.10. The summed E-state index contributed by atoms with van der Waals surface area (Å²) < 4.78 is 2.10. The second kappa shape index (κ2) is 8.29. The first-order chi connectivity index (χ1) is 8.65. The molecule has 4 nitrogen and oxygen atoms in total. The molecule has 1 aromatic rings. The molecule has 0 aliphatic rings. The molecule has 1 heterocycles. The average molecular weight is 316 g/mol. The fourth-order valence-corrected chi connectivity index (χ4v) is 2.19. The van der Waals surface area contributed by atoms with Crippen molar-refractivity contribution in [1.29, 1.82) is 0 Å². The van der Waals surface area contributed by atoms with E-state index in [4.69, 9.17) is 0 Å². The van der Waals surface area contributed by atoms with Crippen LogP contribution in [-0.4, -0.2) is 27.3 Å². The monoisotopic (exact) mass is 315 g/mol. The number of hydrogen-bond acceptors (Lipinski definition) is 2. The first-order valence-corrected chi connectivity index (χ1v) is 7.61. The number of hydrogen-bond donors (Lipinski definition) is 1. The zero-order chi connectivity index (χ0) is 13.4. The van der Waals surface area contributed by atoms with E-state index in [1.165, 1.54) is 0 Å². The van der Waals surface area contributed by atoms with E-state index in [-0.39, 0.29) is 5.91 Å². The van der Waals surface area contributed by atoms with Crippen molar-refractivity contribution in [2.24, 2.45) is 0 Å². The van der Waals surface area contributed by atoms with E-state index in [0.717, 1.165) is 30.5 Å². The van der Waals surface area contributed by atoms with Crippen molar-refractivity contribution in [2.75, 3.05) is 11.9 Å². The number of aromatic nitrogens is 2. The van der Waals surface area contributed by atoms with Gasteiger partial charge in [0.2, 0.25) is 5.91 Å². The Morgan fingerprint density at radius 3 is 2.94 bits per heavy atom. The lowest BCUT2D eigenvalue weighted by atomic mass is 10.2. The van der Waals surface area contributed by atoms with Gasteiger partial charge in [-0.3, -0.25) is 4.79 Å². The van der Waals surface area contributed by atoms with Crippen LogP contribution < -0.4 is 5.32 Å². The number of imidazole rings is 1. The molecule has 0 radical (unpaired) electrons. The van der Waals surface area contributed by atoms with E-state index in [1.807, 2.05) is 12.4 Å². The van der Waals surface area contributed by atoms with Crippen molar-refractivity contribution in [2.45, 2.75) is 45.6 Å². The minimum Gasteiger partial charge on any atom is -0.354 e. The molecule has 0 aromatic carbocycles. The quantitative estimate of drug-likeness (QED) is 0.592. The Balaban J connectivity index is 2.24. The molecule has 0 fully saturated rings. The van der Waals surface area contributed by atoms with Gasteiger partial charge in [-0.05, 0) is 12.8 Å². The Hall–Kier alpha value is -0.840. The maximum absolute atomic E-state index is 11.5. The largest absolute Gasteiger partial charge is 0.354 e. The smallest absolute Gasteiger partial charge is 0.220 e. The van der Waals surface area contributed by atoms with Crippen LogP contribution in [0.15, 0.2) is 12.4 Å². The zero-order valence-electron chi connectivity index (χ0n) is 11.2. The highest BCUT2D eigenvalue weighted by molar-refractivity contribution is 9.09. The molecule has 1 amide bonds. The fraction of sp³-hybridized carbons (Fsp3) is 0.692. The van der Waals surface area contributed by atoms with Crippen molar-refractivity contribution in [3.63, 3.8) is 0 Å². The second-order valence-corrected chi connectivity index (χ2v) is 5.42. The Labute approximate surface area is 117 Å². The number of alkyl halides is 1. The van der Waals surface area contributed by atoms with Gasteiger partial charge < -0.3 is 9.88 Å². The van der Waals surface area contributed by atoms with Crippen molar-refractivity contribution >= 4 is 21.8 Å². The molecule has 0 unspecified atom stereocenters. The first-order valence-electron chi connectivity index (χ1n) is 6.49. The summed E-state index contributed by atoms with van der Waals surface area (Å²) in [6, 6.07) is 0. The summed E-state index contributed by atoms with van der Waals surface area (Å²) >= 11 is 3.36. The van der Waals surface area contributed by atoms with Gasteiger partial charge in [0.15, 0.2) is 0 Å². The molecule has 0 aliphatic carbocycles. The molecule has 1 N–H and O–H groups in total. The van der Waals surface area contributed by atoms with Gasteiger partial charge in [-0.25, -0.2) is 4.98 Å². The molecule has 0 bridgehead atoms. The van der Waals surface area contributed by atoms with Crippen molar-refractivity contribution < 1.29 is 4.79 Å². The first kappa shape index (κ1) is 15.2. The third-order valence-electron chi connectivity index (χ3n) is 2.73. The molecule has 1 aromatic heterocycles. The molecule has 0 saturated heterocycles. The summed E-state index contributed by atoms with van der Waals surface area (Å²) in [4.78, 5) is 15.8. The maximum Gasteiger partial charge on any atom is 0.220 e. The highest BCUT2D eigenvalue weighted by atomic mass is 79.9. The van der Waals surface area contributed by atoms with Gasteiger partial charge in [-0.2, -0.15) is 0 Å². The summed E-state index contributed by atoms with van der Waals surface area (Å²) in [7, 11) is 0. The van der Waals surface area contributed by atoms with Crippen LogP contribution in [0, 0.1) is 0 Å². The minimum atomic E-state index is 0.141. The van der Waals surface area contributed by atoms with E-state index < -0.39 is 0 Å².